The Kier molecular flexibility index (Phi) is 9.04. The van der Waals surface area contributed by atoms with E-state index in [0.29, 0.717) is 17.2 Å². The molecule has 2 aromatic carbocycles. The second kappa shape index (κ2) is 12.3. The standard InChI is InChI=1S/C29H29F2N3O7S/c1-17(2)41-16-25-32-27(35)26(29(37)34(25)24(15-40-4)19-12-20(30)14-21(31)13-19)42(38,39)22-9-7-18(8-10-22)23-6-5-11-33(3)28(23)36/h5-14,17,24,35H,15-16H2,1-4H3/t24-/m0/s1. The summed E-state index contributed by atoms with van der Waals surface area (Å²) in [7, 11) is -1.82. The van der Waals surface area contributed by atoms with Gasteiger partial charge in [-0.1, -0.05) is 12.1 Å². The van der Waals surface area contributed by atoms with Gasteiger partial charge in [0.05, 0.1) is 23.6 Å². The zero-order chi connectivity index (χ0) is 30.8. The van der Waals surface area contributed by atoms with E-state index in [4.69, 9.17) is 9.47 Å². The monoisotopic (exact) mass is 601 g/mol. The van der Waals surface area contributed by atoms with Crippen molar-refractivity contribution in [2.75, 3.05) is 13.7 Å². The maximum absolute atomic E-state index is 14.2. The lowest BCUT2D eigenvalue weighted by molar-refractivity contribution is 0.0557. The van der Waals surface area contributed by atoms with Crippen LogP contribution in [0.5, 0.6) is 5.88 Å². The number of aryl methyl sites for hydroxylation is 1. The Bertz CT molecular complexity index is 1820. The van der Waals surface area contributed by atoms with E-state index in [1.807, 2.05) is 0 Å². The van der Waals surface area contributed by atoms with Gasteiger partial charge in [0.1, 0.15) is 24.1 Å². The first kappa shape index (κ1) is 30.8. The number of hydrogen-bond acceptors (Lipinski definition) is 8. The molecule has 0 saturated carbocycles. The highest BCUT2D eigenvalue weighted by Crippen LogP contribution is 2.29. The Balaban J connectivity index is 1.91. The van der Waals surface area contributed by atoms with Gasteiger partial charge in [-0.05, 0) is 61.4 Å². The van der Waals surface area contributed by atoms with Gasteiger partial charge in [0.2, 0.25) is 15.7 Å². The fraction of sp³-hybridized carbons (Fsp3) is 0.276. The minimum atomic E-state index is -4.69. The van der Waals surface area contributed by atoms with Crippen molar-refractivity contribution in [2.45, 2.75) is 42.4 Å². The van der Waals surface area contributed by atoms with Crippen LogP contribution >= 0.6 is 0 Å². The van der Waals surface area contributed by atoms with Crippen LogP contribution in [0, 0.1) is 11.6 Å². The molecule has 0 amide bonds. The topological polar surface area (TPSA) is 130 Å². The van der Waals surface area contributed by atoms with Crippen LogP contribution in [-0.2, 0) is 33.0 Å². The lowest BCUT2D eigenvalue weighted by Crippen LogP contribution is -2.35. The van der Waals surface area contributed by atoms with Crippen LogP contribution in [0.3, 0.4) is 0 Å². The average Bonchev–Trinajstić information content (AvgIpc) is 2.92. The van der Waals surface area contributed by atoms with Gasteiger partial charge in [0.15, 0.2) is 4.90 Å². The fourth-order valence-electron chi connectivity index (χ4n) is 4.44. The Labute approximate surface area is 240 Å². The molecule has 42 heavy (non-hydrogen) atoms. The molecule has 1 N–H and O–H groups in total. The van der Waals surface area contributed by atoms with Gasteiger partial charge in [-0.2, -0.15) is 4.98 Å². The second-order valence-electron chi connectivity index (χ2n) is 9.76. The summed E-state index contributed by atoms with van der Waals surface area (Å²) < 4.78 is 68.9. The van der Waals surface area contributed by atoms with Crippen molar-refractivity contribution in [2.24, 2.45) is 7.05 Å². The molecule has 2 heterocycles. The molecule has 4 rings (SSSR count). The molecule has 10 nitrogen and oxygen atoms in total. The van der Waals surface area contributed by atoms with Crippen LogP contribution in [0.1, 0.15) is 31.3 Å². The number of ether oxygens (including phenoxy) is 2. The molecular weight excluding hydrogens is 572 g/mol. The highest BCUT2D eigenvalue weighted by molar-refractivity contribution is 7.91. The highest BCUT2D eigenvalue weighted by Gasteiger charge is 2.32. The Morgan fingerprint density at radius 2 is 1.64 bits per heavy atom. The zero-order valence-electron chi connectivity index (χ0n) is 23.2. The van der Waals surface area contributed by atoms with Crippen LogP contribution in [0.15, 0.2) is 80.2 Å². The zero-order valence-corrected chi connectivity index (χ0v) is 24.1. The van der Waals surface area contributed by atoms with Gasteiger partial charge in [0, 0.05) is 32.0 Å². The first-order valence-corrected chi connectivity index (χ1v) is 14.3. The third-order valence-electron chi connectivity index (χ3n) is 6.45. The van der Waals surface area contributed by atoms with E-state index in [1.165, 1.54) is 35.9 Å². The summed E-state index contributed by atoms with van der Waals surface area (Å²) in [6, 6.07) is 9.84. The molecule has 0 aliphatic carbocycles. The van der Waals surface area contributed by atoms with Crippen LogP contribution in [0.25, 0.3) is 11.1 Å². The Morgan fingerprint density at radius 3 is 2.24 bits per heavy atom. The number of nitrogens with zero attached hydrogens (tertiary/aromatic N) is 3. The highest BCUT2D eigenvalue weighted by atomic mass is 32.2. The van der Waals surface area contributed by atoms with Crippen molar-refractivity contribution in [3.8, 4) is 17.0 Å². The fourth-order valence-corrected chi connectivity index (χ4v) is 5.79. The van der Waals surface area contributed by atoms with Gasteiger partial charge >= 0.3 is 0 Å². The molecule has 1 atom stereocenters. The molecule has 2 aromatic heterocycles. The Morgan fingerprint density at radius 1 is 1.00 bits per heavy atom. The van der Waals surface area contributed by atoms with E-state index in [2.05, 4.69) is 4.98 Å². The summed E-state index contributed by atoms with van der Waals surface area (Å²) in [4.78, 5) is 29.0. The van der Waals surface area contributed by atoms with Crippen molar-refractivity contribution < 1.29 is 31.8 Å². The Hall–Kier alpha value is -4.20. The molecular formula is C29H29F2N3O7S. The van der Waals surface area contributed by atoms with Gasteiger partial charge in [0.25, 0.3) is 11.1 Å². The number of hydrogen-bond donors (Lipinski definition) is 1. The number of sulfone groups is 1. The quantitative estimate of drug-likeness (QED) is 0.292. The number of aromatic nitrogens is 3. The van der Waals surface area contributed by atoms with E-state index in [-0.39, 0.29) is 41.2 Å². The maximum atomic E-state index is 14.2. The normalized spacial score (nSPS) is 12.5. The number of pyridine rings is 1. The molecule has 0 unspecified atom stereocenters. The molecule has 222 valence electrons. The lowest BCUT2D eigenvalue weighted by Gasteiger charge is -2.24. The first-order valence-electron chi connectivity index (χ1n) is 12.8. The third kappa shape index (κ3) is 6.17. The van der Waals surface area contributed by atoms with Crippen LogP contribution in [0.2, 0.25) is 0 Å². The van der Waals surface area contributed by atoms with Gasteiger partial charge in [-0.25, -0.2) is 17.2 Å². The summed E-state index contributed by atoms with van der Waals surface area (Å²) in [5, 5.41) is 10.8. The SMILES string of the molecule is COC[C@@H](c1cc(F)cc(F)c1)n1c(COC(C)C)nc(O)c(S(=O)(=O)c2ccc(-c3cccn(C)c3=O)cc2)c1=O. The lowest BCUT2D eigenvalue weighted by atomic mass is 10.1. The average molecular weight is 602 g/mol. The van der Waals surface area contributed by atoms with Crippen molar-refractivity contribution >= 4 is 9.84 Å². The number of methoxy groups -OCH3 is 1. The first-order chi connectivity index (χ1) is 19.8. The second-order valence-corrected chi connectivity index (χ2v) is 11.6. The molecule has 0 bridgehead atoms. The van der Waals surface area contributed by atoms with Crippen molar-refractivity contribution in [1.82, 2.24) is 14.1 Å². The van der Waals surface area contributed by atoms with E-state index >= 15 is 0 Å². The minimum Gasteiger partial charge on any atom is -0.492 e. The molecule has 0 saturated heterocycles. The molecule has 4 aromatic rings. The van der Waals surface area contributed by atoms with Gasteiger partial charge in [-0.3, -0.25) is 14.2 Å². The molecule has 0 aliphatic heterocycles. The smallest absolute Gasteiger partial charge is 0.277 e. The van der Waals surface area contributed by atoms with E-state index in [1.54, 1.807) is 39.2 Å². The molecule has 13 heteroatoms. The summed E-state index contributed by atoms with van der Waals surface area (Å²) in [5.74, 6) is -3.10. The van der Waals surface area contributed by atoms with Crippen LogP contribution in [0.4, 0.5) is 8.78 Å². The van der Waals surface area contributed by atoms with Crippen molar-refractivity contribution in [3.63, 3.8) is 0 Å². The summed E-state index contributed by atoms with van der Waals surface area (Å²) in [5.41, 5.74) is -0.765. The predicted molar refractivity (Wildman–Crippen MR) is 149 cm³/mol. The summed E-state index contributed by atoms with van der Waals surface area (Å²) in [6.45, 7) is 2.79. The van der Waals surface area contributed by atoms with E-state index in [9.17, 15) is 31.9 Å². The van der Waals surface area contributed by atoms with Crippen molar-refractivity contribution in [1.29, 1.82) is 0 Å². The number of halogens is 2. The molecule has 0 radical (unpaired) electrons. The molecule has 0 spiro atoms. The van der Waals surface area contributed by atoms with Crippen LogP contribution < -0.4 is 11.1 Å². The summed E-state index contributed by atoms with van der Waals surface area (Å²) in [6.07, 6.45) is 1.24. The minimum absolute atomic E-state index is 0.0353. The third-order valence-corrected chi connectivity index (χ3v) is 8.24. The predicted octanol–water partition coefficient (Wildman–Crippen LogP) is 3.59. The van der Waals surface area contributed by atoms with E-state index < -0.39 is 43.8 Å². The van der Waals surface area contributed by atoms with E-state index in [0.717, 1.165) is 16.7 Å². The molecule has 0 fully saturated rings. The maximum Gasteiger partial charge on any atom is 0.277 e. The van der Waals surface area contributed by atoms with Gasteiger partial charge in [-0.15, -0.1) is 0 Å². The molecule has 0 aliphatic rings. The number of aromatic hydroxyl groups is 1. The van der Waals surface area contributed by atoms with Gasteiger partial charge < -0.3 is 19.1 Å². The summed E-state index contributed by atoms with van der Waals surface area (Å²) >= 11 is 0. The largest absolute Gasteiger partial charge is 0.492 e. The number of rotatable bonds is 10. The number of benzene rings is 2. The van der Waals surface area contributed by atoms with Crippen LogP contribution in [-0.4, -0.2) is 47.5 Å². The van der Waals surface area contributed by atoms with Crippen molar-refractivity contribution in [3.05, 3.63) is 105 Å².